The van der Waals surface area contributed by atoms with E-state index in [4.69, 9.17) is 4.74 Å². The normalized spacial score (nSPS) is 15.0. The lowest BCUT2D eigenvalue weighted by Gasteiger charge is -2.26. The molecule has 4 rings (SSSR count). The van der Waals surface area contributed by atoms with Gasteiger partial charge in [-0.1, -0.05) is 44.2 Å². The number of carbonyl (C=O) groups excluding carboxylic acids is 1. The maximum Gasteiger partial charge on any atom is 0.257 e. The third kappa shape index (κ3) is 5.16. The summed E-state index contributed by atoms with van der Waals surface area (Å²) in [5.41, 5.74) is 4.01. The molecule has 1 aliphatic heterocycles. The molecule has 33 heavy (non-hydrogen) atoms. The van der Waals surface area contributed by atoms with Crippen LogP contribution in [0.25, 0.3) is 11.3 Å². The summed E-state index contributed by atoms with van der Waals surface area (Å²) in [7, 11) is -3.69. The van der Waals surface area contributed by atoms with Crippen molar-refractivity contribution in [1.29, 1.82) is 0 Å². The number of morpholine rings is 1. The fourth-order valence-corrected chi connectivity index (χ4v) is 5.76. The average molecular weight is 486 g/mol. The molecule has 0 atom stereocenters. The summed E-state index contributed by atoms with van der Waals surface area (Å²) in [6.07, 6.45) is 0. The highest BCUT2D eigenvalue weighted by Crippen LogP contribution is 2.27. The van der Waals surface area contributed by atoms with E-state index < -0.39 is 10.0 Å². The van der Waals surface area contributed by atoms with Crippen molar-refractivity contribution in [2.24, 2.45) is 0 Å². The molecule has 7 nitrogen and oxygen atoms in total. The number of ether oxygens (including phenoxy) is 1. The SMILES string of the molecule is Cc1ccc(S(=O)(=O)N2CCOCC2)cc1C(=O)Nc1nc(-c2ccc(C(C)C)cc2)cs1. The van der Waals surface area contributed by atoms with Crippen molar-refractivity contribution in [3.05, 3.63) is 64.5 Å². The smallest absolute Gasteiger partial charge is 0.257 e. The van der Waals surface area contributed by atoms with Gasteiger partial charge in [-0.05, 0) is 36.1 Å². The van der Waals surface area contributed by atoms with Crippen molar-refractivity contribution in [3.63, 3.8) is 0 Å². The van der Waals surface area contributed by atoms with E-state index in [1.807, 2.05) is 17.5 Å². The van der Waals surface area contributed by atoms with Crippen molar-refractivity contribution < 1.29 is 17.9 Å². The first-order valence-corrected chi connectivity index (χ1v) is 13.1. The van der Waals surface area contributed by atoms with E-state index in [2.05, 4.69) is 36.3 Å². The second kappa shape index (κ2) is 9.72. The average Bonchev–Trinajstić information content (AvgIpc) is 3.28. The number of nitrogens with zero attached hydrogens (tertiary/aromatic N) is 2. The van der Waals surface area contributed by atoms with Gasteiger partial charge in [-0.25, -0.2) is 13.4 Å². The zero-order valence-corrected chi connectivity index (χ0v) is 20.5. The molecule has 1 amide bonds. The molecule has 3 aromatic rings. The van der Waals surface area contributed by atoms with Gasteiger partial charge in [0.1, 0.15) is 0 Å². The predicted octanol–water partition coefficient (Wildman–Crippen LogP) is 4.52. The fourth-order valence-electron chi connectivity index (χ4n) is 3.61. The molecular formula is C24H27N3O4S2. The highest BCUT2D eigenvalue weighted by molar-refractivity contribution is 7.89. The van der Waals surface area contributed by atoms with Gasteiger partial charge in [0.05, 0.1) is 23.8 Å². The molecule has 0 saturated carbocycles. The van der Waals surface area contributed by atoms with Crippen molar-refractivity contribution in [1.82, 2.24) is 9.29 Å². The van der Waals surface area contributed by atoms with E-state index in [9.17, 15) is 13.2 Å². The minimum atomic E-state index is -3.69. The summed E-state index contributed by atoms with van der Waals surface area (Å²) in [5.74, 6) is 0.0676. The van der Waals surface area contributed by atoms with Gasteiger partial charge < -0.3 is 4.74 Å². The quantitative estimate of drug-likeness (QED) is 0.555. The van der Waals surface area contributed by atoms with Crippen LogP contribution in [-0.2, 0) is 14.8 Å². The van der Waals surface area contributed by atoms with Crippen LogP contribution in [0.15, 0.2) is 52.7 Å². The Morgan fingerprint density at radius 3 is 2.48 bits per heavy atom. The molecule has 0 unspecified atom stereocenters. The van der Waals surface area contributed by atoms with Crippen molar-refractivity contribution in [2.45, 2.75) is 31.6 Å². The number of aryl methyl sites for hydroxylation is 1. The van der Waals surface area contributed by atoms with Crippen molar-refractivity contribution >= 4 is 32.4 Å². The van der Waals surface area contributed by atoms with Gasteiger partial charge in [0.15, 0.2) is 5.13 Å². The molecule has 1 N–H and O–H groups in total. The van der Waals surface area contributed by atoms with Gasteiger partial charge in [-0.15, -0.1) is 11.3 Å². The van der Waals surface area contributed by atoms with Crippen molar-refractivity contribution in [2.75, 3.05) is 31.6 Å². The summed E-state index contributed by atoms with van der Waals surface area (Å²) in [6, 6.07) is 12.9. The second-order valence-corrected chi connectivity index (χ2v) is 11.1. The van der Waals surface area contributed by atoms with E-state index in [0.29, 0.717) is 48.5 Å². The maximum atomic E-state index is 13.0. The number of anilines is 1. The Hall–Kier alpha value is -2.59. The lowest BCUT2D eigenvalue weighted by atomic mass is 10.0. The van der Waals surface area contributed by atoms with Crippen LogP contribution in [0.5, 0.6) is 0 Å². The number of hydrogen-bond acceptors (Lipinski definition) is 6. The van der Waals surface area contributed by atoms with Crippen molar-refractivity contribution in [3.8, 4) is 11.3 Å². The van der Waals surface area contributed by atoms with Gasteiger partial charge in [-0.3, -0.25) is 10.1 Å². The van der Waals surface area contributed by atoms with Gasteiger partial charge in [0, 0.05) is 29.6 Å². The van der Waals surface area contributed by atoms with Crippen LogP contribution in [0.1, 0.15) is 41.3 Å². The fraction of sp³-hybridized carbons (Fsp3) is 0.333. The first-order chi connectivity index (χ1) is 15.8. The van der Waals surface area contributed by atoms with E-state index in [0.717, 1.165) is 11.3 Å². The van der Waals surface area contributed by atoms with Crippen LogP contribution in [-0.4, -0.2) is 49.9 Å². The van der Waals surface area contributed by atoms with Crippen LogP contribution >= 0.6 is 11.3 Å². The first kappa shape index (κ1) is 23.6. The molecule has 0 bridgehead atoms. The number of thiazole rings is 1. The molecule has 9 heteroatoms. The molecule has 1 saturated heterocycles. The predicted molar refractivity (Wildman–Crippen MR) is 130 cm³/mol. The second-order valence-electron chi connectivity index (χ2n) is 8.26. The third-order valence-corrected chi connectivity index (χ3v) is 8.31. The monoisotopic (exact) mass is 485 g/mol. The van der Waals surface area contributed by atoms with Crippen LogP contribution in [0.3, 0.4) is 0 Å². The highest BCUT2D eigenvalue weighted by atomic mass is 32.2. The van der Waals surface area contributed by atoms with Gasteiger partial charge >= 0.3 is 0 Å². The molecule has 0 radical (unpaired) electrons. The lowest BCUT2D eigenvalue weighted by molar-refractivity contribution is 0.0730. The van der Waals surface area contributed by atoms with Gasteiger partial charge in [0.25, 0.3) is 5.91 Å². The summed E-state index contributed by atoms with van der Waals surface area (Å²) < 4.78 is 32.6. The van der Waals surface area contributed by atoms with E-state index in [-0.39, 0.29) is 10.8 Å². The molecular weight excluding hydrogens is 458 g/mol. The van der Waals surface area contributed by atoms with Gasteiger partial charge in [-0.2, -0.15) is 4.31 Å². The molecule has 1 fully saturated rings. The largest absolute Gasteiger partial charge is 0.379 e. The number of amides is 1. The summed E-state index contributed by atoms with van der Waals surface area (Å²) in [5, 5.41) is 5.17. The van der Waals surface area contributed by atoms with Crippen LogP contribution in [0.4, 0.5) is 5.13 Å². The topological polar surface area (TPSA) is 88.6 Å². The minimum Gasteiger partial charge on any atom is -0.379 e. The van der Waals surface area contributed by atoms with Crippen LogP contribution < -0.4 is 5.32 Å². The highest BCUT2D eigenvalue weighted by Gasteiger charge is 2.27. The molecule has 0 aliphatic carbocycles. The van der Waals surface area contributed by atoms with E-state index in [1.165, 1.54) is 27.3 Å². The molecule has 2 heterocycles. The lowest BCUT2D eigenvalue weighted by Crippen LogP contribution is -2.40. The molecule has 1 aliphatic rings. The zero-order valence-electron chi connectivity index (χ0n) is 18.9. The minimum absolute atomic E-state index is 0.102. The number of aromatic nitrogens is 1. The summed E-state index contributed by atoms with van der Waals surface area (Å²) in [4.78, 5) is 17.6. The Labute approximate surface area is 198 Å². The molecule has 1 aromatic heterocycles. The van der Waals surface area contributed by atoms with Gasteiger partial charge in [0.2, 0.25) is 10.0 Å². The Morgan fingerprint density at radius 1 is 1.12 bits per heavy atom. The van der Waals surface area contributed by atoms with E-state index >= 15 is 0 Å². The number of sulfonamides is 1. The van der Waals surface area contributed by atoms with E-state index in [1.54, 1.807) is 19.1 Å². The number of rotatable bonds is 6. The first-order valence-electron chi connectivity index (χ1n) is 10.8. The van der Waals surface area contributed by atoms with Crippen LogP contribution in [0, 0.1) is 6.92 Å². The standard InChI is InChI=1S/C24H27N3O4S2/c1-16(2)18-5-7-19(8-6-18)22-15-32-24(25-22)26-23(28)21-14-20(9-4-17(21)3)33(29,30)27-10-12-31-13-11-27/h4-9,14-16H,10-13H2,1-3H3,(H,25,26,28). The summed E-state index contributed by atoms with van der Waals surface area (Å²) in [6.45, 7) is 7.42. The number of carbonyl (C=O) groups is 1. The molecule has 2 aromatic carbocycles. The summed E-state index contributed by atoms with van der Waals surface area (Å²) >= 11 is 1.33. The Kier molecular flexibility index (Phi) is 6.94. The maximum absolute atomic E-state index is 13.0. The Balaban J connectivity index is 1.52. The Morgan fingerprint density at radius 2 is 1.82 bits per heavy atom. The molecule has 0 spiro atoms. The number of nitrogens with one attached hydrogen (secondary N) is 1. The number of benzene rings is 2. The molecule has 174 valence electrons. The Bertz CT molecular complexity index is 1240. The zero-order chi connectivity index (χ0) is 23.6. The third-order valence-electron chi connectivity index (χ3n) is 5.66. The van der Waals surface area contributed by atoms with Crippen LogP contribution in [0.2, 0.25) is 0 Å². The number of hydrogen-bond donors (Lipinski definition) is 1.